The van der Waals surface area contributed by atoms with Crippen molar-refractivity contribution in [1.82, 2.24) is 19.8 Å². The van der Waals surface area contributed by atoms with E-state index < -0.39 is 12.4 Å². The van der Waals surface area contributed by atoms with Crippen LogP contribution in [0.3, 0.4) is 0 Å². The molecule has 186 valence electrons. The van der Waals surface area contributed by atoms with Gasteiger partial charge in [-0.05, 0) is 57.2 Å². The number of piperidine rings is 1. The molecule has 0 radical (unpaired) electrons. The van der Waals surface area contributed by atoms with Crippen molar-refractivity contribution in [2.24, 2.45) is 5.92 Å². The number of ether oxygens (including phenoxy) is 1. The van der Waals surface area contributed by atoms with Crippen molar-refractivity contribution in [3.63, 3.8) is 0 Å². The maximum atomic E-state index is 13.4. The molecule has 7 nitrogen and oxygen atoms in total. The van der Waals surface area contributed by atoms with Gasteiger partial charge in [-0.1, -0.05) is 13.3 Å². The molecule has 2 aliphatic heterocycles. The number of nitrogens with one attached hydrogen (secondary N) is 1. The van der Waals surface area contributed by atoms with Crippen molar-refractivity contribution in [3.8, 4) is 5.75 Å². The molecule has 1 amide bonds. The summed E-state index contributed by atoms with van der Waals surface area (Å²) in [5.74, 6) is 0.443. The van der Waals surface area contributed by atoms with Gasteiger partial charge in [-0.2, -0.15) is 0 Å². The van der Waals surface area contributed by atoms with E-state index in [0.29, 0.717) is 41.6 Å². The molecule has 0 unspecified atom stereocenters. The average Bonchev–Trinajstić information content (AvgIpc) is 3.13. The number of hydrogen-bond donors (Lipinski definition) is 1. The number of aromatic nitrogens is 2. The summed E-state index contributed by atoms with van der Waals surface area (Å²) in [6, 6.07) is 4.14. The molecule has 4 rings (SSSR count). The SMILES string of the molecule is CCC[C@@H]1CN(C(C)C)CC[C@@H]1N1CC[C@H](Nc2ncnc3ccc(OC(F)(F)F)cc23)C1=O. The second-order valence-corrected chi connectivity index (χ2v) is 9.46. The minimum absolute atomic E-state index is 0.0264. The fraction of sp³-hybridized carbons (Fsp3) is 0.625. The van der Waals surface area contributed by atoms with E-state index in [0.717, 1.165) is 32.4 Å². The second-order valence-electron chi connectivity index (χ2n) is 9.46. The van der Waals surface area contributed by atoms with Crippen LogP contribution in [0.1, 0.15) is 46.5 Å². The molecule has 10 heteroatoms. The van der Waals surface area contributed by atoms with E-state index in [2.05, 4.69) is 45.7 Å². The van der Waals surface area contributed by atoms with Gasteiger partial charge in [0.05, 0.1) is 5.52 Å². The smallest absolute Gasteiger partial charge is 0.406 e. The van der Waals surface area contributed by atoms with Crippen molar-refractivity contribution in [2.45, 2.75) is 70.9 Å². The Hall–Kier alpha value is -2.62. The van der Waals surface area contributed by atoms with Crippen molar-refractivity contribution >= 4 is 22.6 Å². The molecular formula is C24H32F3N5O2. The summed E-state index contributed by atoms with van der Waals surface area (Å²) >= 11 is 0. The predicted octanol–water partition coefficient (Wildman–Crippen LogP) is 4.44. The van der Waals surface area contributed by atoms with E-state index in [4.69, 9.17) is 0 Å². The quantitative estimate of drug-likeness (QED) is 0.633. The van der Waals surface area contributed by atoms with E-state index in [9.17, 15) is 18.0 Å². The monoisotopic (exact) mass is 479 g/mol. The predicted molar refractivity (Wildman–Crippen MR) is 123 cm³/mol. The molecule has 2 saturated heterocycles. The molecule has 1 aromatic carbocycles. The Balaban J connectivity index is 1.50. The average molecular weight is 480 g/mol. The molecule has 3 atom stereocenters. The van der Waals surface area contributed by atoms with Crippen LogP contribution in [0, 0.1) is 5.92 Å². The van der Waals surface area contributed by atoms with Gasteiger partial charge in [-0.25, -0.2) is 9.97 Å². The summed E-state index contributed by atoms with van der Waals surface area (Å²) in [6.07, 6.45) is 0.270. The summed E-state index contributed by atoms with van der Waals surface area (Å²) in [5, 5.41) is 3.56. The Morgan fingerprint density at radius 3 is 2.71 bits per heavy atom. The van der Waals surface area contributed by atoms with Gasteiger partial charge in [-0.15, -0.1) is 13.2 Å². The first-order chi connectivity index (χ1) is 16.2. The molecule has 3 heterocycles. The van der Waals surface area contributed by atoms with Crippen LogP contribution in [-0.2, 0) is 4.79 Å². The molecule has 1 N–H and O–H groups in total. The summed E-state index contributed by atoms with van der Waals surface area (Å²) < 4.78 is 42.1. The third-order valence-electron chi connectivity index (χ3n) is 6.91. The van der Waals surface area contributed by atoms with Crippen molar-refractivity contribution in [2.75, 3.05) is 25.0 Å². The number of benzene rings is 1. The van der Waals surface area contributed by atoms with E-state index in [1.54, 1.807) is 0 Å². The maximum Gasteiger partial charge on any atom is 0.573 e. The number of hydrogen-bond acceptors (Lipinski definition) is 6. The van der Waals surface area contributed by atoms with Gasteiger partial charge in [0.25, 0.3) is 0 Å². The lowest BCUT2D eigenvalue weighted by Gasteiger charge is -2.44. The summed E-state index contributed by atoms with van der Waals surface area (Å²) in [7, 11) is 0. The number of fused-ring (bicyclic) bond motifs is 1. The van der Waals surface area contributed by atoms with Crippen LogP contribution >= 0.6 is 0 Å². The van der Waals surface area contributed by atoms with E-state index in [-0.39, 0.29) is 17.7 Å². The first-order valence-corrected chi connectivity index (χ1v) is 12.0. The van der Waals surface area contributed by atoms with Crippen LogP contribution in [0.25, 0.3) is 10.9 Å². The lowest BCUT2D eigenvalue weighted by Crippen LogP contribution is -2.53. The van der Waals surface area contributed by atoms with Gasteiger partial charge in [-0.3, -0.25) is 4.79 Å². The van der Waals surface area contributed by atoms with Gasteiger partial charge in [0, 0.05) is 37.1 Å². The van der Waals surface area contributed by atoms with Crippen molar-refractivity contribution in [1.29, 1.82) is 0 Å². The van der Waals surface area contributed by atoms with Crippen LogP contribution in [0.5, 0.6) is 5.75 Å². The van der Waals surface area contributed by atoms with Gasteiger partial charge < -0.3 is 19.9 Å². The Morgan fingerprint density at radius 2 is 2.00 bits per heavy atom. The zero-order chi connectivity index (χ0) is 24.5. The summed E-state index contributed by atoms with van der Waals surface area (Å²) in [6.45, 7) is 9.23. The van der Waals surface area contributed by atoms with Gasteiger partial charge in [0.2, 0.25) is 5.91 Å². The molecule has 2 aliphatic rings. The number of halogens is 3. The highest BCUT2D eigenvalue weighted by Crippen LogP contribution is 2.33. The van der Waals surface area contributed by atoms with Crippen molar-refractivity contribution in [3.05, 3.63) is 24.5 Å². The minimum Gasteiger partial charge on any atom is -0.406 e. The fourth-order valence-electron chi connectivity index (χ4n) is 5.26. The van der Waals surface area contributed by atoms with E-state index in [1.807, 2.05) is 4.90 Å². The Kier molecular flexibility index (Phi) is 7.16. The Morgan fingerprint density at radius 1 is 1.21 bits per heavy atom. The largest absolute Gasteiger partial charge is 0.573 e. The number of rotatable bonds is 7. The molecule has 2 aromatic rings. The van der Waals surface area contributed by atoms with Crippen LogP contribution in [0.15, 0.2) is 24.5 Å². The third-order valence-corrected chi connectivity index (χ3v) is 6.91. The highest BCUT2D eigenvalue weighted by atomic mass is 19.4. The Bertz CT molecular complexity index is 1020. The lowest BCUT2D eigenvalue weighted by molar-refractivity contribution is -0.274. The molecule has 0 aliphatic carbocycles. The number of alkyl halides is 3. The first kappa shape index (κ1) is 24.5. The molecule has 1 aromatic heterocycles. The Labute approximate surface area is 197 Å². The number of carbonyl (C=O) groups excluding carboxylic acids is 1. The topological polar surface area (TPSA) is 70.6 Å². The number of anilines is 1. The zero-order valence-electron chi connectivity index (χ0n) is 19.8. The summed E-state index contributed by atoms with van der Waals surface area (Å²) in [4.78, 5) is 26.2. The van der Waals surface area contributed by atoms with Crippen LogP contribution < -0.4 is 10.1 Å². The molecule has 0 bridgehead atoms. The normalized spacial score (nSPS) is 24.3. The standard InChI is InChI=1S/C24H32F3N5O2/c1-4-5-16-13-31(15(2)3)10-9-21(16)32-11-8-20(23(32)33)30-22-18-12-17(34-24(25,26)27)6-7-19(18)28-14-29-22/h6-7,12,14-16,20-21H,4-5,8-11,13H2,1-3H3,(H,28,29,30)/t16-,20+,21+/m1/s1. The summed E-state index contributed by atoms with van der Waals surface area (Å²) in [5.41, 5.74) is 0.471. The van der Waals surface area contributed by atoms with E-state index in [1.165, 1.54) is 24.5 Å². The molecule has 2 fully saturated rings. The number of nitrogens with zero attached hydrogens (tertiary/aromatic N) is 4. The van der Waals surface area contributed by atoms with Crippen molar-refractivity contribution < 1.29 is 22.7 Å². The number of carbonyl (C=O) groups is 1. The third kappa shape index (κ3) is 5.37. The van der Waals surface area contributed by atoms with E-state index >= 15 is 0 Å². The lowest BCUT2D eigenvalue weighted by atomic mass is 9.86. The van der Waals surface area contributed by atoms with Gasteiger partial charge in [0.15, 0.2) is 0 Å². The minimum atomic E-state index is -4.79. The van der Waals surface area contributed by atoms with Crippen LogP contribution in [-0.4, -0.2) is 69.8 Å². The van der Waals surface area contributed by atoms with Crippen LogP contribution in [0.4, 0.5) is 19.0 Å². The second kappa shape index (κ2) is 9.93. The highest BCUT2D eigenvalue weighted by molar-refractivity contribution is 5.93. The highest BCUT2D eigenvalue weighted by Gasteiger charge is 2.41. The molecule has 34 heavy (non-hydrogen) atoms. The molecule has 0 spiro atoms. The number of likely N-dealkylation sites (tertiary alicyclic amines) is 2. The number of amides is 1. The molecule has 0 saturated carbocycles. The fourth-order valence-corrected chi connectivity index (χ4v) is 5.26. The van der Waals surface area contributed by atoms with Crippen LogP contribution in [0.2, 0.25) is 0 Å². The van der Waals surface area contributed by atoms with Gasteiger partial charge >= 0.3 is 6.36 Å². The van der Waals surface area contributed by atoms with Gasteiger partial charge in [0.1, 0.15) is 23.9 Å². The zero-order valence-corrected chi connectivity index (χ0v) is 19.8. The first-order valence-electron chi connectivity index (χ1n) is 12.0. The maximum absolute atomic E-state index is 13.4. The molecular weight excluding hydrogens is 447 g/mol.